The maximum atomic E-state index is 12.8. The zero-order valence-electron chi connectivity index (χ0n) is 36.0. The van der Waals surface area contributed by atoms with Crippen molar-refractivity contribution in [2.75, 3.05) is 13.2 Å². The van der Waals surface area contributed by atoms with Crippen LogP contribution in [0.1, 0.15) is 168 Å². The molecule has 0 radical (unpaired) electrons. The highest BCUT2D eigenvalue weighted by Crippen LogP contribution is 2.47. The number of hydrogen-bond donors (Lipinski definition) is 6. The van der Waals surface area contributed by atoms with Gasteiger partial charge >= 0.3 is 19.8 Å². The summed E-state index contributed by atoms with van der Waals surface area (Å²) in [5, 5.41) is 50.1. The fourth-order valence-electron chi connectivity index (χ4n) is 6.48. The Kier molecular flexibility index (Phi) is 32.9. The first-order valence-electron chi connectivity index (χ1n) is 22.5. The van der Waals surface area contributed by atoms with Crippen molar-refractivity contribution >= 4 is 19.8 Å². The van der Waals surface area contributed by atoms with Crippen LogP contribution in [0.4, 0.5) is 0 Å². The maximum Gasteiger partial charge on any atom is 0.472 e. The summed E-state index contributed by atoms with van der Waals surface area (Å²) in [5.41, 5.74) is 0. The zero-order chi connectivity index (χ0) is 43.6. The van der Waals surface area contributed by atoms with Crippen LogP contribution in [0.5, 0.6) is 0 Å². The van der Waals surface area contributed by atoms with E-state index in [9.17, 15) is 44.6 Å². The molecular formula is C45H79O13P. The molecule has 1 saturated carbocycles. The molecule has 8 atom stereocenters. The largest absolute Gasteiger partial charge is 0.472 e. The number of carbonyl (C=O) groups is 2. The van der Waals surface area contributed by atoms with E-state index in [1.807, 2.05) is 0 Å². The molecule has 0 saturated heterocycles. The van der Waals surface area contributed by atoms with Crippen LogP contribution in [0, 0.1) is 0 Å². The third-order valence-corrected chi connectivity index (χ3v) is 11.2. The van der Waals surface area contributed by atoms with Crippen LogP contribution in [0.3, 0.4) is 0 Å². The van der Waals surface area contributed by atoms with Crippen LogP contribution in [0.2, 0.25) is 0 Å². The Balaban J connectivity index is 2.52. The van der Waals surface area contributed by atoms with E-state index in [2.05, 4.69) is 62.5 Å². The first-order valence-corrected chi connectivity index (χ1v) is 24.0. The topological polar surface area (TPSA) is 210 Å². The molecule has 0 amide bonds. The molecule has 0 aromatic carbocycles. The van der Waals surface area contributed by atoms with Crippen LogP contribution < -0.4 is 0 Å². The number of allylic oxidation sites excluding steroid dienone is 8. The predicted molar refractivity (Wildman–Crippen MR) is 230 cm³/mol. The van der Waals surface area contributed by atoms with Crippen LogP contribution >= 0.6 is 7.82 Å². The number of phosphoric ester groups is 1. The normalized spacial score (nSPS) is 22.8. The summed E-state index contributed by atoms with van der Waals surface area (Å²) in [7, 11) is -5.13. The highest BCUT2D eigenvalue weighted by molar-refractivity contribution is 7.47. The Labute approximate surface area is 354 Å². The Morgan fingerprint density at radius 2 is 0.966 bits per heavy atom. The molecule has 0 aliphatic heterocycles. The van der Waals surface area contributed by atoms with E-state index in [0.717, 1.165) is 64.2 Å². The van der Waals surface area contributed by atoms with Crippen LogP contribution in [-0.4, -0.2) is 98.3 Å². The quantitative estimate of drug-likeness (QED) is 0.0115. The van der Waals surface area contributed by atoms with Crippen LogP contribution in [0.15, 0.2) is 48.6 Å². The van der Waals surface area contributed by atoms with Gasteiger partial charge in [0, 0.05) is 12.8 Å². The maximum absolute atomic E-state index is 12.8. The smallest absolute Gasteiger partial charge is 0.462 e. The van der Waals surface area contributed by atoms with Gasteiger partial charge in [0.05, 0.1) is 6.61 Å². The SMILES string of the molecule is CCCCCC/C=C/C=C/CCCCCCCC(=O)OC[C@H](COP(=O)(O)OC1C(O)C(O)C(O)[C@@H](O)C1O)OC(=O)CCCC/C=C/C/C=C/CCCCCCCC. The molecule has 0 aromatic rings. The van der Waals surface area contributed by atoms with Crippen LogP contribution in [0.25, 0.3) is 0 Å². The Hall–Kier alpha value is -2.19. The zero-order valence-corrected chi connectivity index (χ0v) is 36.9. The number of phosphoric acid groups is 1. The highest BCUT2D eigenvalue weighted by atomic mass is 31.2. The van der Waals surface area contributed by atoms with Gasteiger partial charge in [0.15, 0.2) is 6.10 Å². The van der Waals surface area contributed by atoms with E-state index in [1.54, 1.807) is 0 Å². The number of ether oxygens (including phenoxy) is 2. The summed E-state index contributed by atoms with van der Waals surface area (Å²) in [6.45, 7) is 3.22. The summed E-state index contributed by atoms with van der Waals surface area (Å²) in [5.74, 6) is -1.16. The second kappa shape index (κ2) is 35.4. The van der Waals surface area contributed by atoms with Gasteiger partial charge in [0.25, 0.3) is 0 Å². The van der Waals surface area contributed by atoms with Crippen molar-refractivity contribution in [2.24, 2.45) is 0 Å². The lowest BCUT2D eigenvalue weighted by Gasteiger charge is -2.41. The molecular weight excluding hydrogens is 779 g/mol. The number of unbranched alkanes of at least 4 members (excludes halogenated alkanes) is 17. The average molecular weight is 859 g/mol. The summed E-state index contributed by atoms with van der Waals surface area (Å²) in [6, 6.07) is 0. The fraction of sp³-hybridized carbons (Fsp3) is 0.778. The number of carbonyl (C=O) groups excluding carboxylic acids is 2. The van der Waals surface area contributed by atoms with E-state index in [-0.39, 0.29) is 12.8 Å². The van der Waals surface area contributed by atoms with Crippen molar-refractivity contribution in [1.82, 2.24) is 0 Å². The predicted octanol–water partition coefficient (Wildman–Crippen LogP) is 8.39. The monoisotopic (exact) mass is 859 g/mol. The van der Waals surface area contributed by atoms with Crippen molar-refractivity contribution in [1.29, 1.82) is 0 Å². The Bertz CT molecular complexity index is 1220. The van der Waals surface area contributed by atoms with Crippen molar-refractivity contribution in [2.45, 2.75) is 211 Å². The molecule has 14 heteroatoms. The van der Waals surface area contributed by atoms with Gasteiger partial charge in [-0.25, -0.2) is 4.57 Å². The van der Waals surface area contributed by atoms with E-state index in [0.29, 0.717) is 12.8 Å². The van der Waals surface area contributed by atoms with E-state index in [4.69, 9.17) is 18.5 Å². The van der Waals surface area contributed by atoms with Gasteiger partial charge in [0.2, 0.25) is 0 Å². The first kappa shape index (κ1) is 54.8. The molecule has 0 aromatic heterocycles. The second-order valence-corrected chi connectivity index (χ2v) is 17.0. The summed E-state index contributed by atoms with van der Waals surface area (Å²) >= 11 is 0. The van der Waals surface area contributed by atoms with Crippen molar-refractivity contribution < 1.29 is 63.1 Å². The minimum Gasteiger partial charge on any atom is -0.462 e. The lowest BCUT2D eigenvalue weighted by atomic mass is 9.85. The van der Waals surface area contributed by atoms with Gasteiger partial charge < -0.3 is 39.9 Å². The van der Waals surface area contributed by atoms with Gasteiger partial charge in [-0.2, -0.15) is 0 Å². The lowest BCUT2D eigenvalue weighted by Crippen LogP contribution is -2.64. The van der Waals surface area contributed by atoms with E-state index < -0.39 is 75.7 Å². The minimum atomic E-state index is -5.13. The Morgan fingerprint density at radius 3 is 1.53 bits per heavy atom. The van der Waals surface area contributed by atoms with Gasteiger partial charge in [-0.1, -0.05) is 133 Å². The number of aliphatic hydroxyl groups is 5. The molecule has 0 heterocycles. The second-order valence-electron chi connectivity index (χ2n) is 15.6. The molecule has 13 nitrogen and oxygen atoms in total. The van der Waals surface area contributed by atoms with Gasteiger partial charge in [-0.3, -0.25) is 18.6 Å². The number of rotatable bonds is 36. The minimum absolute atomic E-state index is 0.0495. The lowest BCUT2D eigenvalue weighted by molar-refractivity contribution is -0.220. The summed E-state index contributed by atoms with van der Waals surface area (Å²) in [6.07, 6.45) is 27.4. The molecule has 1 fully saturated rings. The molecule has 59 heavy (non-hydrogen) atoms. The number of esters is 2. The van der Waals surface area contributed by atoms with E-state index in [1.165, 1.54) is 64.2 Å². The average Bonchev–Trinajstić information content (AvgIpc) is 3.21. The first-order chi connectivity index (χ1) is 28.4. The van der Waals surface area contributed by atoms with Gasteiger partial charge in [-0.15, -0.1) is 0 Å². The third kappa shape index (κ3) is 28.1. The van der Waals surface area contributed by atoms with Crippen molar-refractivity contribution in [3.8, 4) is 0 Å². The van der Waals surface area contributed by atoms with Gasteiger partial charge in [-0.05, 0) is 70.6 Å². The van der Waals surface area contributed by atoms with E-state index >= 15 is 0 Å². The molecule has 0 spiro atoms. The van der Waals surface area contributed by atoms with Crippen molar-refractivity contribution in [3.63, 3.8) is 0 Å². The molecule has 6 N–H and O–H groups in total. The van der Waals surface area contributed by atoms with Crippen LogP contribution in [-0.2, 0) is 32.7 Å². The fourth-order valence-corrected chi connectivity index (χ4v) is 7.46. The van der Waals surface area contributed by atoms with Gasteiger partial charge in [0.1, 0.15) is 43.2 Å². The Morgan fingerprint density at radius 1 is 0.542 bits per heavy atom. The number of hydrogen-bond acceptors (Lipinski definition) is 12. The molecule has 0 bridgehead atoms. The molecule has 1 rings (SSSR count). The van der Waals surface area contributed by atoms with Crippen molar-refractivity contribution in [3.05, 3.63) is 48.6 Å². The third-order valence-electron chi connectivity index (χ3n) is 10.2. The molecule has 342 valence electrons. The molecule has 1 aliphatic carbocycles. The number of aliphatic hydroxyl groups excluding tert-OH is 5. The summed E-state index contributed by atoms with van der Waals surface area (Å²) in [4.78, 5) is 35.6. The highest BCUT2D eigenvalue weighted by Gasteiger charge is 2.51. The molecule has 1 aliphatic rings. The molecule has 6 unspecified atom stereocenters. The summed E-state index contributed by atoms with van der Waals surface area (Å²) < 4.78 is 33.4. The standard InChI is InChI=1S/C45H79O13P/c1-3-5-7-9-11-13-15-17-19-21-23-25-27-29-31-33-38(46)55-35-37(36-56-59(53,54)58-45-43(51)41(49)40(48)42(50)44(45)52)57-39(47)34-32-30-28-26-24-22-20-18-16-14-12-10-8-6-4-2/h13,15,17-20,24,26,37,40-45,48-52H,3-12,14,16,21-23,25,27-36H2,1-2H3,(H,53,54)/b15-13+,19-17+,20-18+,26-24+/t37-,40?,41-,42?,43?,44?,45?/m1/s1.